The van der Waals surface area contributed by atoms with Crippen molar-refractivity contribution in [1.29, 1.82) is 0 Å². The summed E-state index contributed by atoms with van der Waals surface area (Å²) in [7, 11) is 1.85. The lowest BCUT2D eigenvalue weighted by Gasteiger charge is -2.32. The van der Waals surface area contributed by atoms with Crippen LogP contribution in [0.2, 0.25) is 5.02 Å². The second kappa shape index (κ2) is 8.15. The van der Waals surface area contributed by atoms with Crippen LogP contribution in [0.1, 0.15) is 46.3 Å². The van der Waals surface area contributed by atoms with Gasteiger partial charge in [0.25, 0.3) is 5.91 Å². The normalized spacial score (nSPS) is 16.9. The van der Waals surface area contributed by atoms with Gasteiger partial charge in [0, 0.05) is 61.3 Å². The molecule has 0 aliphatic carbocycles. The first-order valence-electron chi connectivity index (χ1n) is 9.57. The van der Waals surface area contributed by atoms with Gasteiger partial charge in [0.1, 0.15) is 0 Å². The van der Waals surface area contributed by atoms with E-state index in [0.717, 1.165) is 41.4 Å². The molecule has 1 aliphatic rings. The molecular weight excluding hydrogens is 372 g/mol. The average Bonchev–Trinajstić information content (AvgIpc) is 3.15. The number of amides is 1. The van der Waals surface area contributed by atoms with Crippen LogP contribution in [0.25, 0.3) is 0 Å². The minimum Gasteiger partial charge on any atom is -0.335 e. The van der Waals surface area contributed by atoms with Gasteiger partial charge in [0.05, 0.1) is 0 Å². The molecule has 0 saturated carbocycles. The Morgan fingerprint density at radius 3 is 2.86 bits per heavy atom. The van der Waals surface area contributed by atoms with E-state index in [1.165, 1.54) is 0 Å². The van der Waals surface area contributed by atoms with Crippen LogP contribution in [0, 0.1) is 0 Å². The van der Waals surface area contributed by atoms with E-state index in [0.29, 0.717) is 18.8 Å². The first-order valence-corrected chi connectivity index (χ1v) is 9.95. The van der Waals surface area contributed by atoms with Gasteiger partial charge in [-0.25, -0.2) is 4.98 Å². The van der Waals surface area contributed by atoms with Gasteiger partial charge in [0.2, 0.25) is 0 Å². The van der Waals surface area contributed by atoms with Crippen LogP contribution in [0.5, 0.6) is 0 Å². The van der Waals surface area contributed by atoms with Gasteiger partial charge in [0.15, 0.2) is 5.82 Å². The summed E-state index contributed by atoms with van der Waals surface area (Å²) >= 11 is 6.30. The zero-order valence-electron chi connectivity index (χ0n) is 15.9. The van der Waals surface area contributed by atoms with Crippen LogP contribution >= 0.6 is 11.6 Å². The van der Waals surface area contributed by atoms with Gasteiger partial charge in [-0.2, -0.15) is 0 Å². The van der Waals surface area contributed by atoms with Crippen LogP contribution in [-0.2, 0) is 13.5 Å². The minimum absolute atomic E-state index is 0.00979. The maximum atomic E-state index is 12.8. The molecule has 4 rings (SSSR count). The summed E-state index contributed by atoms with van der Waals surface area (Å²) in [6.07, 6.45) is 6.17. The van der Waals surface area contributed by atoms with Gasteiger partial charge in [-0.3, -0.25) is 9.78 Å². The Hall–Kier alpha value is -2.66. The predicted octanol–water partition coefficient (Wildman–Crippen LogP) is 4.08. The highest BCUT2D eigenvalue weighted by molar-refractivity contribution is 6.31. The number of hydrogen-bond acceptors (Lipinski definition) is 3. The summed E-state index contributed by atoms with van der Waals surface area (Å²) in [5.41, 5.74) is 3.11. The van der Waals surface area contributed by atoms with Crippen LogP contribution in [0.15, 0.2) is 54.9 Å². The molecule has 0 bridgehead atoms. The molecule has 1 fully saturated rings. The summed E-state index contributed by atoms with van der Waals surface area (Å²) in [6, 6.07) is 14.0. The fourth-order valence-corrected chi connectivity index (χ4v) is 3.98. The molecule has 5 nitrogen and oxygen atoms in total. The van der Waals surface area contributed by atoms with E-state index in [4.69, 9.17) is 16.6 Å². The van der Waals surface area contributed by atoms with Crippen molar-refractivity contribution >= 4 is 17.5 Å². The van der Waals surface area contributed by atoms with E-state index in [1.807, 2.05) is 48.3 Å². The number of halogens is 1. The van der Waals surface area contributed by atoms with Crippen LogP contribution < -0.4 is 0 Å². The zero-order chi connectivity index (χ0) is 19.5. The van der Waals surface area contributed by atoms with Crippen molar-refractivity contribution in [1.82, 2.24) is 19.4 Å². The zero-order valence-corrected chi connectivity index (χ0v) is 16.6. The van der Waals surface area contributed by atoms with Gasteiger partial charge in [-0.05, 0) is 36.6 Å². The number of benzene rings is 1. The Labute approximate surface area is 170 Å². The van der Waals surface area contributed by atoms with E-state index in [2.05, 4.69) is 11.1 Å². The number of nitrogens with zero attached hydrogens (tertiary/aromatic N) is 4. The molecule has 0 radical (unpaired) electrons. The standard InChI is InChI=1S/C22H23ClN4O/c1-26-13-11-24-21(26)22(28)27-12-5-7-17(15-27)20-10-4-8-18(25-20)14-16-6-2-3-9-19(16)23/h2-4,6,8-11,13,17H,5,7,12,14-15H2,1H3/t17-/m0/s1. The highest BCUT2D eigenvalue weighted by Crippen LogP contribution is 2.27. The number of aromatic nitrogens is 3. The number of likely N-dealkylation sites (tertiary alicyclic amines) is 1. The summed E-state index contributed by atoms with van der Waals surface area (Å²) in [6.45, 7) is 1.44. The molecule has 1 aromatic carbocycles. The van der Waals surface area contributed by atoms with Crippen molar-refractivity contribution in [2.75, 3.05) is 13.1 Å². The first kappa shape index (κ1) is 18.7. The third-order valence-electron chi connectivity index (χ3n) is 5.30. The van der Waals surface area contributed by atoms with Crippen molar-refractivity contribution in [2.24, 2.45) is 7.05 Å². The predicted molar refractivity (Wildman–Crippen MR) is 110 cm³/mol. The lowest BCUT2D eigenvalue weighted by atomic mass is 9.93. The average molecular weight is 395 g/mol. The molecular formula is C22H23ClN4O. The summed E-state index contributed by atoms with van der Waals surface area (Å²) in [4.78, 5) is 23.8. The molecule has 0 N–H and O–H groups in total. The second-order valence-corrected chi connectivity index (χ2v) is 7.68. The number of pyridine rings is 1. The first-order chi connectivity index (χ1) is 13.6. The molecule has 3 aromatic rings. The Bertz CT molecular complexity index is 984. The molecule has 1 amide bonds. The highest BCUT2D eigenvalue weighted by atomic mass is 35.5. The number of imidazole rings is 1. The summed E-state index contributed by atoms with van der Waals surface area (Å²) in [5.74, 6) is 0.717. The van der Waals surface area contributed by atoms with Crippen molar-refractivity contribution in [3.05, 3.63) is 82.7 Å². The lowest BCUT2D eigenvalue weighted by molar-refractivity contribution is 0.0690. The number of carbonyl (C=O) groups excluding carboxylic acids is 1. The van der Waals surface area contributed by atoms with Crippen molar-refractivity contribution in [2.45, 2.75) is 25.2 Å². The maximum Gasteiger partial charge on any atom is 0.289 e. The van der Waals surface area contributed by atoms with Crippen molar-refractivity contribution in [3.63, 3.8) is 0 Å². The third-order valence-corrected chi connectivity index (χ3v) is 5.67. The fourth-order valence-electron chi connectivity index (χ4n) is 3.78. The van der Waals surface area contributed by atoms with Crippen LogP contribution in [0.3, 0.4) is 0 Å². The smallest absolute Gasteiger partial charge is 0.289 e. The number of rotatable bonds is 4. The van der Waals surface area contributed by atoms with Gasteiger partial charge in [-0.15, -0.1) is 0 Å². The fraction of sp³-hybridized carbons (Fsp3) is 0.318. The summed E-state index contributed by atoms with van der Waals surface area (Å²) in [5, 5.41) is 0.763. The molecule has 2 aromatic heterocycles. The Kier molecular flexibility index (Phi) is 5.44. The van der Waals surface area contributed by atoms with E-state index in [1.54, 1.807) is 17.0 Å². The van der Waals surface area contributed by atoms with E-state index in [-0.39, 0.29) is 11.8 Å². The largest absolute Gasteiger partial charge is 0.335 e. The molecule has 144 valence electrons. The van der Waals surface area contributed by atoms with E-state index < -0.39 is 0 Å². The summed E-state index contributed by atoms with van der Waals surface area (Å²) < 4.78 is 1.77. The second-order valence-electron chi connectivity index (χ2n) is 7.27. The molecule has 28 heavy (non-hydrogen) atoms. The van der Waals surface area contributed by atoms with Gasteiger partial charge in [-0.1, -0.05) is 35.9 Å². The molecule has 3 heterocycles. The van der Waals surface area contributed by atoms with Gasteiger partial charge >= 0.3 is 0 Å². The molecule has 0 unspecified atom stereocenters. The Morgan fingerprint density at radius 2 is 2.07 bits per heavy atom. The van der Waals surface area contributed by atoms with E-state index in [9.17, 15) is 4.79 Å². The topological polar surface area (TPSA) is 51.0 Å². The van der Waals surface area contributed by atoms with Crippen LogP contribution in [0.4, 0.5) is 0 Å². The van der Waals surface area contributed by atoms with Crippen molar-refractivity contribution < 1.29 is 4.79 Å². The minimum atomic E-state index is -0.00979. The molecule has 0 spiro atoms. The van der Waals surface area contributed by atoms with E-state index >= 15 is 0 Å². The van der Waals surface area contributed by atoms with Crippen molar-refractivity contribution in [3.8, 4) is 0 Å². The molecule has 1 aliphatic heterocycles. The quantitative estimate of drug-likeness (QED) is 0.670. The van der Waals surface area contributed by atoms with Gasteiger partial charge < -0.3 is 9.47 Å². The number of carbonyl (C=O) groups is 1. The monoisotopic (exact) mass is 394 g/mol. The third kappa shape index (κ3) is 3.94. The number of hydrogen-bond donors (Lipinski definition) is 0. The number of piperidine rings is 1. The molecule has 6 heteroatoms. The Balaban J connectivity index is 1.50. The molecule has 1 atom stereocenters. The lowest BCUT2D eigenvalue weighted by Crippen LogP contribution is -2.40. The maximum absolute atomic E-state index is 12.8. The number of aryl methyl sites for hydroxylation is 1. The van der Waals surface area contributed by atoms with Crippen LogP contribution in [-0.4, -0.2) is 38.4 Å². The molecule has 1 saturated heterocycles. The SMILES string of the molecule is Cn1ccnc1C(=O)N1CCC[C@H](c2cccc(Cc3ccccc3Cl)n2)C1. The Morgan fingerprint density at radius 1 is 1.21 bits per heavy atom. The highest BCUT2D eigenvalue weighted by Gasteiger charge is 2.28.